The van der Waals surface area contributed by atoms with Crippen molar-refractivity contribution in [2.45, 2.75) is 50.3 Å². The molecule has 1 aromatic heterocycles. The van der Waals surface area contributed by atoms with E-state index in [0.29, 0.717) is 0 Å². The number of hydrogen-bond acceptors (Lipinski definition) is 3. The van der Waals surface area contributed by atoms with Crippen molar-refractivity contribution in [3.05, 3.63) is 99.1 Å². The van der Waals surface area contributed by atoms with Crippen molar-refractivity contribution in [2.75, 3.05) is 0 Å². The van der Waals surface area contributed by atoms with Gasteiger partial charge in [0.05, 0.1) is 12.2 Å². The van der Waals surface area contributed by atoms with Gasteiger partial charge in [-0.15, -0.1) is 16.9 Å². The summed E-state index contributed by atoms with van der Waals surface area (Å²) in [7, 11) is 0. The van der Waals surface area contributed by atoms with Gasteiger partial charge in [0.1, 0.15) is 5.69 Å². The predicted octanol–water partition coefficient (Wildman–Crippen LogP) is 6.32. The fourth-order valence-corrected chi connectivity index (χ4v) is 5.36. The maximum atomic E-state index is 4.39. The fraction of sp³-hybridized carbons (Fsp3) is 0.308. The van der Waals surface area contributed by atoms with E-state index in [1.54, 1.807) is 0 Å². The summed E-state index contributed by atoms with van der Waals surface area (Å²) in [5.41, 5.74) is 2.04. The van der Waals surface area contributed by atoms with Crippen molar-refractivity contribution in [1.82, 2.24) is 15.0 Å². The Morgan fingerprint density at radius 3 is 2.26 bits per heavy atom. The first-order valence-corrected chi connectivity index (χ1v) is 11.8. The SMILES string of the molecule is C[C@@H]([C]1[CH][CH][CH][C]1SC1CCCCC1)n1cc(-c2ccccc2)nn1.[CH]1[CH][CH][CH][CH]1.[Fe+2]. The molecule has 3 saturated carbocycles. The first-order chi connectivity index (χ1) is 14.8. The maximum absolute atomic E-state index is 4.39. The quantitative estimate of drug-likeness (QED) is 0.478. The summed E-state index contributed by atoms with van der Waals surface area (Å²) in [6.07, 6.45) is 25.6. The van der Waals surface area contributed by atoms with Crippen molar-refractivity contribution in [2.24, 2.45) is 0 Å². The minimum absolute atomic E-state index is 0. The van der Waals surface area contributed by atoms with Crippen LogP contribution in [0.4, 0.5) is 0 Å². The van der Waals surface area contributed by atoms with E-state index in [1.807, 2.05) is 55.0 Å². The van der Waals surface area contributed by atoms with Crippen molar-refractivity contribution >= 4 is 11.8 Å². The average Bonchev–Trinajstić information content (AvgIpc) is 3.58. The number of nitrogens with zero attached hydrogens (tertiary/aromatic N) is 3. The van der Waals surface area contributed by atoms with Gasteiger partial charge >= 0.3 is 17.1 Å². The Hall–Kier alpha value is -0.771. The first-order valence-electron chi connectivity index (χ1n) is 10.9. The Balaban J connectivity index is 0.000000401. The molecule has 1 heterocycles. The topological polar surface area (TPSA) is 30.7 Å². The molecule has 0 bridgehead atoms. The summed E-state index contributed by atoms with van der Waals surface area (Å²) in [5.74, 6) is 1.36. The molecule has 3 aliphatic rings. The molecule has 1 atom stereocenters. The Morgan fingerprint density at radius 2 is 1.58 bits per heavy atom. The molecule has 31 heavy (non-hydrogen) atoms. The van der Waals surface area contributed by atoms with Crippen LogP contribution in [0.25, 0.3) is 11.3 Å². The zero-order chi connectivity index (χ0) is 20.6. The third-order valence-corrected chi connectivity index (χ3v) is 7.07. The van der Waals surface area contributed by atoms with Gasteiger partial charge in [0, 0.05) is 22.0 Å². The fourth-order valence-electron chi connectivity index (χ4n) is 3.90. The van der Waals surface area contributed by atoms with Crippen LogP contribution in [-0.4, -0.2) is 20.2 Å². The molecule has 5 rings (SSSR count). The predicted molar refractivity (Wildman–Crippen MR) is 126 cm³/mol. The van der Waals surface area contributed by atoms with Crippen LogP contribution in [0.2, 0.25) is 0 Å². The summed E-state index contributed by atoms with van der Waals surface area (Å²) >= 11 is 2.06. The van der Waals surface area contributed by atoms with Gasteiger partial charge in [-0.2, -0.15) is 0 Å². The largest absolute Gasteiger partial charge is 2.00 e. The summed E-state index contributed by atoms with van der Waals surface area (Å²) in [4.78, 5) is 0. The second-order valence-corrected chi connectivity index (χ2v) is 9.15. The molecule has 0 spiro atoms. The molecule has 2 aromatic rings. The molecule has 1 aromatic carbocycles. The van der Waals surface area contributed by atoms with Crippen LogP contribution in [0.1, 0.15) is 45.1 Å². The van der Waals surface area contributed by atoms with E-state index in [2.05, 4.69) is 66.6 Å². The van der Waals surface area contributed by atoms with Crippen LogP contribution >= 0.6 is 11.8 Å². The zero-order valence-electron chi connectivity index (χ0n) is 17.9. The van der Waals surface area contributed by atoms with E-state index in [9.17, 15) is 0 Å². The van der Waals surface area contributed by atoms with Crippen LogP contribution in [0.15, 0.2) is 36.5 Å². The summed E-state index contributed by atoms with van der Waals surface area (Å²) in [6.45, 7) is 2.21. The summed E-state index contributed by atoms with van der Waals surface area (Å²) in [5, 5.41) is 11.0. The Morgan fingerprint density at radius 1 is 0.903 bits per heavy atom. The average molecular weight is 471 g/mol. The van der Waals surface area contributed by atoms with E-state index < -0.39 is 0 Å². The molecular weight excluding hydrogens is 442 g/mol. The molecule has 0 aliphatic heterocycles. The zero-order valence-corrected chi connectivity index (χ0v) is 19.8. The molecule has 160 valence electrons. The number of benzene rings is 1. The van der Waals surface area contributed by atoms with Gasteiger partial charge in [0.25, 0.3) is 0 Å². The van der Waals surface area contributed by atoms with Gasteiger partial charge in [-0.1, -0.05) is 54.8 Å². The van der Waals surface area contributed by atoms with Crippen molar-refractivity contribution in [3.63, 3.8) is 0 Å². The molecule has 5 heteroatoms. The molecule has 0 amide bonds. The van der Waals surface area contributed by atoms with Crippen molar-refractivity contribution in [3.8, 4) is 11.3 Å². The Kier molecular flexibility index (Phi) is 10.5. The van der Waals surface area contributed by atoms with E-state index in [1.165, 1.54) is 43.3 Å². The molecule has 0 unspecified atom stereocenters. The number of hydrogen-bond donors (Lipinski definition) is 0. The van der Waals surface area contributed by atoms with Gasteiger partial charge in [-0.25, -0.2) is 4.68 Å². The molecule has 10 radical (unpaired) electrons. The molecular formula is C26H29FeN3S+2. The number of aromatic nitrogens is 3. The van der Waals surface area contributed by atoms with Crippen molar-refractivity contribution in [1.29, 1.82) is 0 Å². The van der Waals surface area contributed by atoms with E-state index in [0.717, 1.165) is 16.5 Å². The third-order valence-electron chi connectivity index (χ3n) is 5.64. The Labute approximate surface area is 204 Å². The normalized spacial score (nSPS) is 21.3. The number of thioether (sulfide) groups is 1. The minimum Gasteiger partial charge on any atom is -0.248 e. The van der Waals surface area contributed by atoms with Crippen LogP contribution in [0, 0.1) is 62.5 Å². The minimum atomic E-state index is 0. The van der Waals surface area contributed by atoms with Gasteiger partial charge < -0.3 is 0 Å². The number of rotatable bonds is 5. The smallest absolute Gasteiger partial charge is 0.248 e. The van der Waals surface area contributed by atoms with Crippen LogP contribution < -0.4 is 0 Å². The Bertz CT molecular complexity index is 733. The summed E-state index contributed by atoms with van der Waals surface area (Å²) < 4.78 is 1.99. The van der Waals surface area contributed by atoms with Gasteiger partial charge in [0.2, 0.25) is 0 Å². The second-order valence-electron chi connectivity index (χ2n) is 7.81. The van der Waals surface area contributed by atoms with E-state index in [-0.39, 0.29) is 23.1 Å². The molecule has 3 aliphatic carbocycles. The molecule has 3 fully saturated rings. The third kappa shape index (κ3) is 7.10. The van der Waals surface area contributed by atoms with E-state index >= 15 is 0 Å². The first kappa shape index (κ1) is 24.9. The van der Waals surface area contributed by atoms with Crippen LogP contribution in [-0.2, 0) is 17.1 Å². The molecule has 0 saturated heterocycles. The molecule has 0 N–H and O–H groups in total. The van der Waals surface area contributed by atoms with Gasteiger partial charge in [-0.3, -0.25) is 0 Å². The summed E-state index contributed by atoms with van der Waals surface area (Å²) in [6, 6.07) is 10.4. The standard InChI is InChI=1S/C21H24N3S.C5H5.Fe/c1-16(24-15-20(22-23-24)17-9-4-2-5-10-17)19-13-8-14-21(19)25-18-11-6-3-7-12-18;1-2-4-5-3-1;/h2,4-5,8-10,13-16,18H,3,6-7,11-12H2,1H3;1-5H;/q;;+2/t16-;;/m0../s1. The molecule has 3 nitrogen and oxygen atoms in total. The second kappa shape index (κ2) is 13.1. The van der Waals surface area contributed by atoms with Crippen molar-refractivity contribution < 1.29 is 17.1 Å². The van der Waals surface area contributed by atoms with Gasteiger partial charge in [0.15, 0.2) is 0 Å². The van der Waals surface area contributed by atoms with Crippen LogP contribution in [0.3, 0.4) is 0 Å². The van der Waals surface area contributed by atoms with Gasteiger partial charge in [-0.05, 0) is 71.1 Å². The monoisotopic (exact) mass is 471 g/mol. The van der Waals surface area contributed by atoms with E-state index in [4.69, 9.17) is 0 Å². The van der Waals surface area contributed by atoms with Crippen LogP contribution in [0.5, 0.6) is 0 Å². The maximum Gasteiger partial charge on any atom is 2.00 e.